The molecule has 0 saturated heterocycles. The van der Waals surface area contributed by atoms with Crippen molar-refractivity contribution in [2.24, 2.45) is 4.99 Å². The second-order valence-electron chi connectivity index (χ2n) is 7.35. The minimum atomic E-state index is 0.583. The first kappa shape index (κ1) is 19.8. The van der Waals surface area contributed by atoms with E-state index < -0.39 is 0 Å². The lowest BCUT2D eigenvalue weighted by atomic mass is 10.1. The number of rotatable bonds is 6. The fraction of sp³-hybridized carbons (Fsp3) is 0.250. The van der Waals surface area contributed by atoms with Gasteiger partial charge in [-0.1, -0.05) is 42.5 Å². The van der Waals surface area contributed by atoms with Gasteiger partial charge in [0.15, 0.2) is 5.96 Å². The molecule has 2 heterocycles. The zero-order valence-corrected chi connectivity index (χ0v) is 17.6. The van der Waals surface area contributed by atoms with Crippen molar-refractivity contribution >= 4 is 16.9 Å². The van der Waals surface area contributed by atoms with Gasteiger partial charge in [0.25, 0.3) is 0 Å². The highest BCUT2D eigenvalue weighted by Gasteiger charge is 2.10. The van der Waals surface area contributed by atoms with Gasteiger partial charge >= 0.3 is 0 Å². The van der Waals surface area contributed by atoms with Crippen molar-refractivity contribution in [3.05, 3.63) is 89.2 Å². The number of nitrogens with one attached hydrogen (secondary N) is 2. The first-order valence-electron chi connectivity index (χ1n) is 10.1. The van der Waals surface area contributed by atoms with E-state index in [9.17, 15) is 0 Å². The third kappa shape index (κ3) is 4.38. The normalized spacial score (nSPS) is 11.8. The van der Waals surface area contributed by atoms with Crippen LogP contribution in [-0.2, 0) is 19.6 Å². The monoisotopic (exact) mass is 401 g/mol. The summed E-state index contributed by atoms with van der Waals surface area (Å²) in [5, 5.41) is 7.89. The third-order valence-corrected chi connectivity index (χ3v) is 5.31. The molecular formula is C24H27N5O. The molecule has 0 fully saturated rings. The maximum atomic E-state index is 5.98. The average Bonchev–Trinajstić information content (AvgIpc) is 3.31. The van der Waals surface area contributed by atoms with E-state index in [2.05, 4.69) is 62.4 Å². The number of nitrogens with zero attached hydrogens (tertiary/aromatic N) is 3. The zero-order valence-electron chi connectivity index (χ0n) is 17.6. The molecule has 0 atom stereocenters. The van der Waals surface area contributed by atoms with Gasteiger partial charge in [-0.25, -0.2) is 4.98 Å². The molecule has 4 aromatic rings. The Morgan fingerprint density at radius 3 is 2.60 bits per heavy atom. The van der Waals surface area contributed by atoms with Crippen molar-refractivity contribution < 1.29 is 4.42 Å². The van der Waals surface area contributed by atoms with Crippen LogP contribution in [0.25, 0.3) is 11.0 Å². The Morgan fingerprint density at radius 1 is 1.03 bits per heavy atom. The van der Waals surface area contributed by atoms with Crippen LogP contribution in [0.5, 0.6) is 0 Å². The van der Waals surface area contributed by atoms with Crippen LogP contribution in [0.15, 0.2) is 70.3 Å². The highest BCUT2D eigenvalue weighted by Crippen LogP contribution is 2.24. The molecule has 0 unspecified atom stereocenters. The van der Waals surface area contributed by atoms with E-state index in [0.29, 0.717) is 13.1 Å². The van der Waals surface area contributed by atoms with E-state index >= 15 is 0 Å². The molecule has 0 amide bonds. The largest absolute Gasteiger partial charge is 0.459 e. The number of imidazole rings is 1. The Labute approximate surface area is 176 Å². The summed E-state index contributed by atoms with van der Waals surface area (Å²) in [5.41, 5.74) is 4.53. The van der Waals surface area contributed by atoms with Crippen molar-refractivity contribution in [3.63, 3.8) is 0 Å². The quantitative estimate of drug-likeness (QED) is 0.376. The summed E-state index contributed by atoms with van der Waals surface area (Å²) in [6.07, 6.45) is 3.84. The molecule has 2 N–H and O–H groups in total. The zero-order chi connectivity index (χ0) is 20.9. The Bertz CT molecular complexity index is 1170. The van der Waals surface area contributed by atoms with Crippen LogP contribution in [0.4, 0.5) is 0 Å². The second-order valence-corrected chi connectivity index (χ2v) is 7.35. The molecule has 0 spiro atoms. The molecule has 2 aromatic carbocycles. The highest BCUT2D eigenvalue weighted by molar-refractivity contribution is 5.82. The van der Waals surface area contributed by atoms with Gasteiger partial charge in [0, 0.05) is 43.5 Å². The number of aliphatic imine (C=N–C) groups is 1. The average molecular weight is 402 g/mol. The van der Waals surface area contributed by atoms with Gasteiger partial charge in [-0.2, -0.15) is 0 Å². The van der Waals surface area contributed by atoms with Gasteiger partial charge in [-0.05, 0) is 31.0 Å². The number of fused-ring (bicyclic) bond motifs is 1. The topological polar surface area (TPSA) is 67.4 Å². The van der Waals surface area contributed by atoms with Gasteiger partial charge in [-0.3, -0.25) is 4.99 Å². The van der Waals surface area contributed by atoms with Crippen LogP contribution in [-0.4, -0.2) is 22.6 Å². The molecule has 4 rings (SSSR count). The van der Waals surface area contributed by atoms with Crippen molar-refractivity contribution in [2.45, 2.75) is 33.5 Å². The molecule has 0 aliphatic heterocycles. The molecule has 0 bridgehead atoms. The first-order chi connectivity index (χ1) is 14.6. The van der Waals surface area contributed by atoms with Gasteiger partial charge < -0.3 is 19.6 Å². The summed E-state index contributed by atoms with van der Waals surface area (Å²) >= 11 is 0. The third-order valence-electron chi connectivity index (χ3n) is 5.31. The predicted octanol–water partition coefficient (Wildman–Crippen LogP) is 4.16. The summed E-state index contributed by atoms with van der Waals surface area (Å²) in [7, 11) is 1.78. The summed E-state index contributed by atoms with van der Waals surface area (Å²) in [5.74, 6) is 2.69. The van der Waals surface area contributed by atoms with Crippen LogP contribution in [0, 0.1) is 13.8 Å². The SMILES string of the molecule is CN=C(NCc1cccc(Cn2ccnc2C)c1)NCc1oc2ccccc2c1C. The minimum Gasteiger partial charge on any atom is -0.459 e. The lowest BCUT2D eigenvalue weighted by molar-refractivity contribution is 0.534. The molecule has 6 nitrogen and oxygen atoms in total. The number of guanidine groups is 1. The minimum absolute atomic E-state index is 0.583. The Morgan fingerprint density at radius 2 is 1.83 bits per heavy atom. The molecule has 154 valence electrons. The molecule has 0 aliphatic rings. The van der Waals surface area contributed by atoms with E-state index in [-0.39, 0.29) is 0 Å². The maximum Gasteiger partial charge on any atom is 0.191 e. The van der Waals surface area contributed by atoms with Crippen molar-refractivity contribution in [1.29, 1.82) is 0 Å². The van der Waals surface area contributed by atoms with E-state index in [1.54, 1.807) is 7.05 Å². The Kier molecular flexibility index (Phi) is 5.84. The van der Waals surface area contributed by atoms with Gasteiger partial charge in [-0.15, -0.1) is 0 Å². The number of hydrogen-bond acceptors (Lipinski definition) is 3. The van der Waals surface area contributed by atoms with Gasteiger partial charge in [0.1, 0.15) is 17.2 Å². The number of hydrogen-bond donors (Lipinski definition) is 2. The Balaban J connectivity index is 1.36. The van der Waals surface area contributed by atoms with Gasteiger partial charge in [0.2, 0.25) is 0 Å². The highest BCUT2D eigenvalue weighted by atomic mass is 16.3. The predicted molar refractivity (Wildman–Crippen MR) is 120 cm³/mol. The number of aromatic nitrogens is 2. The summed E-state index contributed by atoms with van der Waals surface area (Å²) in [6.45, 7) is 6.20. The van der Waals surface area contributed by atoms with Crippen LogP contribution in [0.1, 0.15) is 28.3 Å². The van der Waals surface area contributed by atoms with Crippen molar-refractivity contribution in [2.75, 3.05) is 7.05 Å². The summed E-state index contributed by atoms with van der Waals surface area (Å²) in [6, 6.07) is 16.7. The van der Waals surface area contributed by atoms with E-state index in [0.717, 1.165) is 40.6 Å². The van der Waals surface area contributed by atoms with Crippen LogP contribution < -0.4 is 10.6 Å². The summed E-state index contributed by atoms with van der Waals surface area (Å²) in [4.78, 5) is 8.63. The fourth-order valence-corrected chi connectivity index (χ4v) is 3.57. The Hall–Kier alpha value is -3.54. The molecule has 30 heavy (non-hydrogen) atoms. The van der Waals surface area contributed by atoms with Crippen molar-refractivity contribution in [1.82, 2.24) is 20.2 Å². The first-order valence-corrected chi connectivity index (χ1v) is 10.1. The lowest BCUT2D eigenvalue weighted by Crippen LogP contribution is -2.36. The number of aryl methyl sites for hydroxylation is 2. The number of benzene rings is 2. The van der Waals surface area contributed by atoms with Gasteiger partial charge in [0.05, 0.1) is 6.54 Å². The number of para-hydroxylation sites is 1. The van der Waals surface area contributed by atoms with E-state index in [1.165, 1.54) is 11.1 Å². The van der Waals surface area contributed by atoms with Crippen LogP contribution in [0.2, 0.25) is 0 Å². The van der Waals surface area contributed by atoms with Crippen molar-refractivity contribution in [3.8, 4) is 0 Å². The second kappa shape index (κ2) is 8.86. The smallest absolute Gasteiger partial charge is 0.191 e. The van der Waals surface area contributed by atoms with E-state index in [1.807, 2.05) is 37.5 Å². The number of furan rings is 1. The maximum absolute atomic E-state index is 5.98. The van der Waals surface area contributed by atoms with E-state index in [4.69, 9.17) is 4.42 Å². The molecule has 0 saturated carbocycles. The standard InChI is InChI=1S/C24H27N5O/c1-17-21-9-4-5-10-22(21)30-23(17)15-28-24(25-3)27-14-19-7-6-8-20(13-19)16-29-12-11-26-18(29)2/h4-13H,14-16H2,1-3H3,(H2,25,27,28). The van der Waals surface area contributed by atoms with Crippen LogP contribution >= 0.6 is 0 Å². The molecule has 0 radical (unpaired) electrons. The fourth-order valence-electron chi connectivity index (χ4n) is 3.57. The molecular weight excluding hydrogens is 374 g/mol. The lowest BCUT2D eigenvalue weighted by Gasteiger charge is -2.12. The molecule has 0 aliphatic carbocycles. The molecule has 6 heteroatoms. The molecule has 2 aromatic heterocycles. The summed E-state index contributed by atoms with van der Waals surface area (Å²) < 4.78 is 8.12. The van der Waals surface area contributed by atoms with Crippen LogP contribution in [0.3, 0.4) is 0 Å².